The number of aromatic nitrogens is 2. The maximum atomic E-state index is 12.5. The molecular weight excluding hydrogens is 331 g/mol. The lowest BCUT2D eigenvalue weighted by Gasteiger charge is -2.10. The standard InChI is InChI=1S/C15H9Cl3N2O/c16-9-4-5-10-14(6-9)19-8-20(15(10)21)7-11-12(17)2-1-3-13(11)18/h1-6,8H,7H2. The predicted octanol–water partition coefficient (Wildman–Crippen LogP) is 4.41. The minimum atomic E-state index is -0.160. The summed E-state index contributed by atoms with van der Waals surface area (Å²) in [7, 11) is 0. The van der Waals surface area contributed by atoms with Gasteiger partial charge in [-0.05, 0) is 30.3 Å². The van der Waals surface area contributed by atoms with Gasteiger partial charge in [0.1, 0.15) is 0 Å². The van der Waals surface area contributed by atoms with Crippen molar-refractivity contribution in [1.29, 1.82) is 0 Å². The molecule has 0 aliphatic carbocycles. The van der Waals surface area contributed by atoms with Gasteiger partial charge in [0.15, 0.2) is 0 Å². The molecule has 1 aromatic heterocycles. The van der Waals surface area contributed by atoms with Crippen molar-refractivity contribution in [1.82, 2.24) is 9.55 Å². The van der Waals surface area contributed by atoms with E-state index in [2.05, 4.69) is 4.98 Å². The minimum Gasteiger partial charge on any atom is -0.294 e. The fraction of sp³-hybridized carbons (Fsp3) is 0.0667. The molecule has 106 valence electrons. The third-order valence-corrected chi connectivity index (χ3v) is 4.12. The quantitative estimate of drug-likeness (QED) is 0.693. The van der Waals surface area contributed by atoms with Crippen molar-refractivity contribution in [3.05, 3.63) is 73.7 Å². The molecule has 0 unspecified atom stereocenters. The average Bonchev–Trinajstić information content (AvgIpc) is 2.45. The molecule has 0 aliphatic heterocycles. The molecule has 3 rings (SSSR count). The molecule has 0 fully saturated rings. The van der Waals surface area contributed by atoms with E-state index < -0.39 is 0 Å². The Kier molecular flexibility index (Phi) is 3.89. The van der Waals surface area contributed by atoms with Crippen LogP contribution in [0.2, 0.25) is 15.1 Å². The van der Waals surface area contributed by atoms with Gasteiger partial charge in [-0.15, -0.1) is 0 Å². The van der Waals surface area contributed by atoms with Crippen LogP contribution in [0.1, 0.15) is 5.56 Å². The zero-order valence-electron chi connectivity index (χ0n) is 10.7. The highest BCUT2D eigenvalue weighted by atomic mass is 35.5. The molecule has 0 saturated carbocycles. The van der Waals surface area contributed by atoms with Gasteiger partial charge in [0, 0.05) is 20.6 Å². The summed E-state index contributed by atoms with van der Waals surface area (Å²) in [6, 6.07) is 10.2. The number of halogens is 3. The lowest BCUT2D eigenvalue weighted by Crippen LogP contribution is -2.21. The fourth-order valence-corrected chi connectivity index (χ4v) is 2.78. The first-order valence-electron chi connectivity index (χ1n) is 6.14. The highest BCUT2D eigenvalue weighted by Crippen LogP contribution is 2.25. The van der Waals surface area contributed by atoms with E-state index in [9.17, 15) is 4.79 Å². The molecule has 1 heterocycles. The first-order chi connectivity index (χ1) is 10.1. The van der Waals surface area contributed by atoms with Crippen molar-refractivity contribution in [3.63, 3.8) is 0 Å². The van der Waals surface area contributed by atoms with Gasteiger partial charge in [-0.25, -0.2) is 4.98 Å². The highest BCUT2D eigenvalue weighted by molar-refractivity contribution is 6.36. The molecule has 3 nitrogen and oxygen atoms in total. The zero-order valence-corrected chi connectivity index (χ0v) is 13.0. The van der Waals surface area contributed by atoms with Crippen LogP contribution in [0.15, 0.2) is 47.5 Å². The summed E-state index contributed by atoms with van der Waals surface area (Å²) in [5, 5.41) is 2.09. The Morgan fingerprint density at radius 2 is 1.76 bits per heavy atom. The first-order valence-corrected chi connectivity index (χ1v) is 7.27. The monoisotopic (exact) mass is 338 g/mol. The van der Waals surface area contributed by atoms with Crippen molar-refractivity contribution in [3.8, 4) is 0 Å². The topological polar surface area (TPSA) is 34.9 Å². The molecule has 21 heavy (non-hydrogen) atoms. The van der Waals surface area contributed by atoms with Crippen LogP contribution in [-0.4, -0.2) is 9.55 Å². The van der Waals surface area contributed by atoms with Crippen LogP contribution in [0.4, 0.5) is 0 Å². The Hall–Kier alpha value is -1.55. The Morgan fingerprint density at radius 3 is 2.48 bits per heavy atom. The fourth-order valence-electron chi connectivity index (χ4n) is 2.10. The maximum absolute atomic E-state index is 12.5. The van der Waals surface area contributed by atoms with Crippen LogP contribution in [0.3, 0.4) is 0 Å². The van der Waals surface area contributed by atoms with Crippen LogP contribution in [0.5, 0.6) is 0 Å². The number of fused-ring (bicyclic) bond motifs is 1. The zero-order chi connectivity index (χ0) is 15.0. The molecule has 0 N–H and O–H groups in total. The molecule has 0 bridgehead atoms. The second-order valence-corrected chi connectivity index (χ2v) is 5.79. The van der Waals surface area contributed by atoms with Crippen LogP contribution >= 0.6 is 34.8 Å². The van der Waals surface area contributed by atoms with Crippen LogP contribution in [0, 0.1) is 0 Å². The summed E-state index contributed by atoms with van der Waals surface area (Å²) in [5.74, 6) is 0. The summed E-state index contributed by atoms with van der Waals surface area (Å²) >= 11 is 18.2. The van der Waals surface area contributed by atoms with E-state index in [1.807, 2.05) is 0 Å². The van der Waals surface area contributed by atoms with Gasteiger partial charge in [-0.2, -0.15) is 0 Å². The Bertz CT molecular complexity index is 869. The molecule has 2 aromatic carbocycles. The lowest BCUT2D eigenvalue weighted by molar-refractivity contribution is 0.748. The van der Waals surface area contributed by atoms with Gasteiger partial charge in [0.2, 0.25) is 0 Å². The third-order valence-electron chi connectivity index (χ3n) is 3.18. The lowest BCUT2D eigenvalue weighted by atomic mass is 10.2. The highest BCUT2D eigenvalue weighted by Gasteiger charge is 2.09. The minimum absolute atomic E-state index is 0.160. The number of rotatable bonds is 2. The summed E-state index contributed by atoms with van der Waals surface area (Å²) in [6.45, 7) is 0.267. The van der Waals surface area contributed by atoms with Crippen molar-refractivity contribution in [2.24, 2.45) is 0 Å². The summed E-state index contributed by atoms with van der Waals surface area (Å²) < 4.78 is 1.48. The van der Waals surface area contributed by atoms with E-state index in [0.717, 1.165) is 0 Å². The van der Waals surface area contributed by atoms with Gasteiger partial charge in [0.25, 0.3) is 5.56 Å². The van der Waals surface area contributed by atoms with Gasteiger partial charge < -0.3 is 0 Å². The number of benzene rings is 2. The molecule has 6 heteroatoms. The van der Waals surface area contributed by atoms with E-state index in [4.69, 9.17) is 34.8 Å². The Morgan fingerprint density at radius 1 is 1.05 bits per heavy atom. The molecule has 0 aliphatic rings. The Balaban J connectivity index is 2.12. The normalized spacial score (nSPS) is 11.0. The van der Waals surface area contributed by atoms with Crippen molar-refractivity contribution >= 4 is 45.7 Å². The average molecular weight is 340 g/mol. The number of hydrogen-bond donors (Lipinski definition) is 0. The van der Waals surface area contributed by atoms with Gasteiger partial charge in [-0.3, -0.25) is 9.36 Å². The molecular formula is C15H9Cl3N2O. The van der Waals surface area contributed by atoms with Crippen molar-refractivity contribution in [2.45, 2.75) is 6.54 Å². The second-order valence-electron chi connectivity index (χ2n) is 4.54. The molecule has 0 spiro atoms. The van der Waals surface area contributed by atoms with E-state index >= 15 is 0 Å². The molecule has 0 radical (unpaired) electrons. The number of nitrogens with zero attached hydrogens (tertiary/aromatic N) is 2. The van der Waals surface area contributed by atoms with Crippen LogP contribution in [0.25, 0.3) is 10.9 Å². The van der Waals surface area contributed by atoms with Crippen molar-refractivity contribution in [2.75, 3.05) is 0 Å². The maximum Gasteiger partial charge on any atom is 0.261 e. The first kappa shape index (κ1) is 14.4. The van der Waals surface area contributed by atoms with Gasteiger partial charge in [-0.1, -0.05) is 40.9 Å². The smallest absolute Gasteiger partial charge is 0.261 e. The van der Waals surface area contributed by atoms with Gasteiger partial charge in [0.05, 0.1) is 23.8 Å². The van der Waals surface area contributed by atoms with Crippen molar-refractivity contribution < 1.29 is 0 Å². The largest absolute Gasteiger partial charge is 0.294 e. The molecule has 3 aromatic rings. The van der Waals surface area contributed by atoms with Crippen LogP contribution < -0.4 is 5.56 Å². The third kappa shape index (κ3) is 2.77. The molecule has 0 saturated heterocycles. The van der Waals surface area contributed by atoms with E-state index in [0.29, 0.717) is 31.5 Å². The summed E-state index contributed by atoms with van der Waals surface area (Å²) in [6.07, 6.45) is 1.47. The van der Waals surface area contributed by atoms with E-state index in [1.54, 1.807) is 36.4 Å². The van der Waals surface area contributed by atoms with Crippen LogP contribution in [-0.2, 0) is 6.54 Å². The molecule has 0 amide bonds. The summed E-state index contributed by atoms with van der Waals surface area (Å²) in [5.41, 5.74) is 1.10. The second kappa shape index (κ2) is 5.68. The SMILES string of the molecule is O=c1c2ccc(Cl)cc2ncn1Cc1c(Cl)cccc1Cl. The Labute approximate surface area is 135 Å². The van der Waals surface area contributed by atoms with Gasteiger partial charge >= 0.3 is 0 Å². The summed E-state index contributed by atoms with van der Waals surface area (Å²) in [4.78, 5) is 16.7. The van der Waals surface area contributed by atoms with E-state index in [-0.39, 0.29) is 12.1 Å². The number of hydrogen-bond acceptors (Lipinski definition) is 2. The van der Waals surface area contributed by atoms with E-state index in [1.165, 1.54) is 10.9 Å². The molecule has 0 atom stereocenters. The predicted molar refractivity (Wildman–Crippen MR) is 86.6 cm³/mol.